The summed E-state index contributed by atoms with van der Waals surface area (Å²) in [6.07, 6.45) is 9.69. The van der Waals surface area contributed by atoms with Gasteiger partial charge in [-0.05, 0) is 30.4 Å². The number of aromatic nitrogens is 1. The zero-order valence-electron chi connectivity index (χ0n) is 11.4. The molecule has 1 aromatic rings. The monoisotopic (exact) mass is 247 g/mol. The van der Waals surface area contributed by atoms with E-state index in [1.54, 1.807) is 6.20 Å². The van der Waals surface area contributed by atoms with Gasteiger partial charge in [0.1, 0.15) is 0 Å². The molecule has 0 aliphatic heterocycles. The highest BCUT2D eigenvalue weighted by Gasteiger charge is 2.25. The fourth-order valence-electron chi connectivity index (χ4n) is 2.77. The minimum absolute atomic E-state index is 0.521. The Balaban J connectivity index is 1.67. The number of anilines is 1. The first kappa shape index (κ1) is 13.3. The largest absolute Gasteiger partial charge is 0.397 e. The Hall–Kier alpha value is -1.09. The van der Waals surface area contributed by atoms with Crippen molar-refractivity contribution in [2.24, 2.45) is 5.41 Å². The van der Waals surface area contributed by atoms with E-state index >= 15 is 0 Å². The lowest BCUT2D eigenvalue weighted by Gasteiger charge is -2.33. The maximum Gasteiger partial charge on any atom is 0.0501 e. The van der Waals surface area contributed by atoms with Gasteiger partial charge in [0.05, 0.1) is 11.9 Å². The molecule has 0 spiro atoms. The van der Waals surface area contributed by atoms with Crippen LogP contribution in [0.4, 0.5) is 5.69 Å². The summed E-state index contributed by atoms with van der Waals surface area (Å²) in [5.41, 5.74) is 7.99. The van der Waals surface area contributed by atoms with Crippen LogP contribution < -0.4 is 11.1 Å². The van der Waals surface area contributed by atoms with Crippen LogP contribution in [0.3, 0.4) is 0 Å². The van der Waals surface area contributed by atoms with E-state index in [2.05, 4.69) is 17.2 Å². The summed E-state index contributed by atoms with van der Waals surface area (Å²) in [4.78, 5) is 4.31. The number of nitrogens with two attached hydrogens (primary N) is 1. The normalized spacial score (nSPS) is 18.7. The number of hydrogen-bond donors (Lipinski definition) is 2. The quantitative estimate of drug-likeness (QED) is 0.787. The Labute approximate surface area is 110 Å². The molecule has 0 bridgehead atoms. The van der Waals surface area contributed by atoms with Crippen LogP contribution in [0.15, 0.2) is 18.3 Å². The molecule has 18 heavy (non-hydrogen) atoms. The van der Waals surface area contributed by atoms with Gasteiger partial charge in [0.15, 0.2) is 0 Å². The molecule has 2 rings (SSSR count). The van der Waals surface area contributed by atoms with Crippen LogP contribution in [0, 0.1) is 5.41 Å². The van der Waals surface area contributed by atoms with Crippen molar-refractivity contribution in [2.45, 2.75) is 45.4 Å². The van der Waals surface area contributed by atoms with Crippen LogP contribution in [-0.2, 0) is 6.42 Å². The van der Waals surface area contributed by atoms with Crippen LogP contribution in [0.25, 0.3) is 0 Å². The van der Waals surface area contributed by atoms with Crippen molar-refractivity contribution in [3.63, 3.8) is 0 Å². The van der Waals surface area contributed by atoms with Crippen molar-refractivity contribution in [2.75, 3.05) is 18.8 Å². The molecule has 0 saturated heterocycles. The van der Waals surface area contributed by atoms with Gasteiger partial charge >= 0.3 is 0 Å². The third kappa shape index (κ3) is 3.98. The second-order valence-corrected chi connectivity index (χ2v) is 5.88. The van der Waals surface area contributed by atoms with E-state index in [0.717, 1.165) is 30.9 Å². The third-order valence-electron chi connectivity index (χ3n) is 4.02. The minimum Gasteiger partial charge on any atom is -0.397 e. The fourth-order valence-corrected chi connectivity index (χ4v) is 2.77. The van der Waals surface area contributed by atoms with Gasteiger partial charge in [0.2, 0.25) is 0 Å². The van der Waals surface area contributed by atoms with Gasteiger partial charge in [-0.1, -0.05) is 26.2 Å². The molecular formula is C15H25N3. The molecule has 3 nitrogen and oxygen atoms in total. The van der Waals surface area contributed by atoms with E-state index in [1.165, 1.54) is 32.1 Å². The first-order valence-electron chi connectivity index (χ1n) is 7.09. The number of hydrogen-bond acceptors (Lipinski definition) is 3. The van der Waals surface area contributed by atoms with Crippen molar-refractivity contribution in [3.05, 3.63) is 24.0 Å². The third-order valence-corrected chi connectivity index (χ3v) is 4.02. The lowest BCUT2D eigenvalue weighted by molar-refractivity contribution is 0.208. The van der Waals surface area contributed by atoms with E-state index in [0.29, 0.717) is 5.41 Å². The first-order chi connectivity index (χ1) is 8.68. The molecule has 1 heterocycles. The second-order valence-electron chi connectivity index (χ2n) is 5.88. The van der Waals surface area contributed by atoms with E-state index in [4.69, 9.17) is 5.73 Å². The number of rotatable bonds is 5. The zero-order chi connectivity index (χ0) is 12.8. The lowest BCUT2D eigenvalue weighted by Crippen LogP contribution is -2.34. The average molecular weight is 247 g/mol. The number of pyridine rings is 1. The van der Waals surface area contributed by atoms with Crippen molar-refractivity contribution in [3.8, 4) is 0 Å². The van der Waals surface area contributed by atoms with Crippen LogP contribution in [0.5, 0.6) is 0 Å². The molecule has 1 aliphatic carbocycles. The minimum atomic E-state index is 0.521. The van der Waals surface area contributed by atoms with E-state index in [9.17, 15) is 0 Å². The van der Waals surface area contributed by atoms with Gasteiger partial charge in [0.25, 0.3) is 0 Å². The molecule has 0 unspecified atom stereocenters. The highest BCUT2D eigenvalue weighted by Crippen LogP contribution is 2.34. The van der Waals surface area contributed by atoms with Gasteiger partial charge in [-0.3, -0.25) is 4.98 Å². The highest BCUT2D eigenvalue weighted by atomic mass is 14.9. The Morgan fingerprint density at radius 3 is 2.72 bits per heavy atom. The maximum absolute atomic E-state index is 5.62. The predicted octanol–water partition coefficient (Wildman–Crippen LogP) is 2.77. The summed E-state index contributed by atoms with van der Waals surface area (Å²) in [6, 6.07) is 3.93. The van der Waals surface area contributed by atoms with E-state index in [-0.39, 0.29) is 0 Å². The number of nitrogens with one attached hydrogen (secondary N) is 1. The van der Waals surface area contributed by atoms with Crippen LogP contribution in [0.1, 0.15) is 44.7 Å². The summed E-state index contributed by atoms with van der Waals surface area (Å²) < 4.78 is 0. The Morgan fingerprint density at radius 2 is 2.06 bits per heavy atom. The second kappa shape index (κ2) is 6.19. The highest BCUT2D eigenvalue weighted by molar-refractivity contribution is 5.34. The molecule has 1 aromatic heterocycles. The fraction of sp³-hybridized carbons (Fsp3) is 0.667. The predicted molar refractivity (Wildman–Crippen MR) is 76.4 cm³/mol. The summed E-state index contributed by atoms with van der Waals surface area (Å²) in [5.74, 6) is 0. The zero-order valence-corrected chi connectivity index (χ0v) is 11.4. The van der Waals surface area contributed by atoms with Crippen LogP contribution in [0.2, 0.25) is 0 Å². The van der Waals surface area contributed by atoms with Crippen LogP contribution >= 0.6 is 0 Å². The average Bonchev–Trinajstić information content (AvgIpc) is 2.38. The van der Waals surface area contributed by atoms with Crippen molar-refractivity contribution < 1.29 is 0 Å². The molecule has 1 fully saturated rings. The summed E-state index contributed by atoms with van der Waals surface area (Å²) in [5, 5.41) is 3.59. The van der Waals surface area contributed by atoms with E-state index < -0.39 is 0 Å². The summed E-state index contributed by atoms with van der Waals surface area (Å²) >= 11 is 0. The molecular weight excluding hydrogens is 222 g/mol. The van der Waals surface area contributed by atoms with Crippen LogP contribution in [-0.4, -0.2) is 18.1 Å². The topological polar surface area (TPSA) is 50.9 Å². The Bertz CT molecular complexity index is 353. The lowest BCUT2D eigenvalue weighted by atomic mass is 9.76. The molecule has 0 atom stereocenters. The molecule has 3 N–H and O–H groups in total. The molecule has 100 valence electrons. The van der Waals surface area contributed by atoms with E-state index in [1.807, 2.05) is 12.1 Å². The maximum atomic E-state index is 5.62. The Kier molecular flexibility index (Phi) is 4.59. The molecule has 0 aromatic carbocycles. The molecule has 3 heteroatoms. The van der Waals surface area contributed by atoms with Gasteiger partial charge in [0, 0.05) is 25.2 Å². The molecule has 0 radical (unpaired) electrons. The van der Waals surface area contributed by atoms with Gasteiger partial charge in [-0.15, -0.1) is 0 Å². The molecule has 1 saturated carbocycles. The van der Waals surface area contributed by atoms with Gasteiger partial charge in [-0.25, -0.2) is 0 Å². The van der Waals surface area contributed by atoms with Crippen molar-refractivity contribution in [1.82, 2.24) is 10.3 Å². The number of nitrogen functional groups attached to an aromatic ring is 1. The van der Waals surface area contributed by atoms with Gasteiger partial charge < -0.3 is 11.1 Å². The van der Waals surface area contributed by atoms with Gasteiger partial charge in [-0.2, -0.15) is 0 Å². The molecule has 0 amide bonds. The first-order valence-corrected chi connectivity index (χ1v) is 7.09. The van der Waals surface area contributed by atoms with Crippen molar-refractivity contribution in [1.29, 1.82) is 0 Å². The standard InChI is InChI=1S/C15H25N3/c1-15(8-3-2-4-9-15)12-17-10-7-14-6-5-13(16)11-18-14/h5-6,11,17H,2-4,7-10,12,16H2,1H3. The number of nitrogens with zero attached hydrogens (tertiary/aromatic N) is 1. The summed E-state index contributed by atoms with van der Waals surface area (Å²) in [6.45, 7) is 4.56. The smallest absolute Gasteiger partial charge is 0.0501 e. The Morgan fingerprint density at radius 1 is 1.28 bits per heavy atom. The molecule has 1 aliphatic rings. The SMILES string of the molecule is CC1(CNCCc2ccc(N)cn2)CCCCC1. The summed E-state index contributed by atoms with van der Waals surface area (Å²) in [7, 11) is 0. The van der Waals surface area contributed by atoms with Crippen molar-refractivity contribution >= 4 is 5.69 Å².